The van der Waals surface area contributed by atoms with Crippen LogP contribution >= 0.6 is 11.8 Å². The number of rotatable bonds is 5. The first-order chi connectivity index (χ1) is 8.27. The number of amides is 3. The molecule has 1 fully saturated rings. The second kappa shape index (κ2) is 5.67. The lowest BCUT2D eigenvalue weighted by Gasteiger charge is -2.11. The maximum Gasteiger partial charge on any atom is 0.324 e. The monoisotopic (exact) mass is 251 g/mol. The Labute approximate surface area is 104 Å². The average molecular weight is 251 g/mol. The first kappa shape index (κ1) is 11.9. The molecule has 5 nitrogen and oxygen atoms in total. The Balaban J connectivity index is 1.70. The number of carbonyl (C=O) groups is 2. The van der Waals surface area contributed by atoms with Gasteiger partial charge >= 0.3 is 6.03 Å². The molecule has 6 heteroatoms. The van der Waals surface area contributed by atoms with Gasteiger partial charge in [0.1, 0.15) is 0 Å². The van der Waals surface area contributed by atoms with E-state index < -0.39 is 0 Å². The fraction of sp³-hybridized carbons (Fsp3) is 0.364. The smallest absolute Gasteiger partial charge is 0.324 e. The lowest BCUT2D eigenvalue weighted by atomic mass is 10.4. The highest BCUT2D eigenvalue weighted by Crippen LogP contribution is 2.15. The summed E-state index contributed by atoms with van der Waals surface area (Å²) in [5.41, 5.74) is 0. The van der Waals surface area contributed by atoms with Crippen molar-refractivity contribution in [3.05, 3.63) is 24.4 Å². The van der Waals surface area contributed by atoms with Crippen LogP contribution in [0.3, 0.4) is 0 Å². The summed E-state index contributed by atoms with van der Waals surface area (Å²) in [5, 5.41) is 3.46. The Morgan fingerprint density at radius 1 is 1.41 bits per heavy atom. The summed E-state index contributed by atoms with van der Waals surface area (Å²) >= 11 is 1.63. The van der Waals surface area contributed by atoms with Crippen molar-refractivity contribution < 1.29 is 9.59 Å². The Morgan fingerprint density at radius 2 is 2.29 bits per heavy atom. The zero-order chi connectivity index (χ0) is 12.1. The van der Waals surface area contributed by atoms with Crippen molar-refractivity contribution in [2.45, 2.75) is 11.4 Å². The van der Waals surface area contributed by atoms with Crippen molar-refractivity contribution in [1.29, 1.82) is 0 Å². The number of hydrogen-bond acceptors (Lipinski definition) is 4. The van der Waals surface area contributed by atoms with Gasteiger partial charge < -0.3 is 5.32 Å². The Morgan fingerprint density at radius 3 is 2.94 bits per heavy atom. The minimum Gasteiger partial charge on any atom is -0.329 e. The molecule has 1 aliphatic heterocycles. The van der Waals surface area contributed by atoms with E-state index in [1.165, 1.54) is 4.90 Å². The molecule has 0 spiro atoms. The van der Waals surface area contributed by atoms with Gasteiger partial charge in [0.2, 0.25) is 5.91 Å². The van der Waals surface area contributed by atoms with Crippen molar-refractivity contribution in [1.82, 2.24) is 15.2 Å². The van der Waals surface area contributed by atoms with E-state index >= 15 is 0 Å². The molecule has 1 aromatic heterocycles. The van der Waals surface area contributed by atoms with Gasteiger partial charge in [0.15, 0.2) is 0 Å². The SMILES string of the molecule is O=C1CNC(=O)N1CCCSc1ccccn1. The lowest BCUT2D eigenvalue weighted by Crippen LogP contribution is -2.32. The van der Waals surface area contributed by atoms with Crippen LogP contribution in [-0.2, 0) is 4.79 Å². The van der Waals surface area contributed by atoms with Crippen LogP contribution in [-0.4, -0.2) is 40.7 Å². The molecule has 1 aliphatic rings. The van der Waals surface area contributed by atoms with Gasteiger partial charge in [-0.15, -0.1) is 11.8 Å². The molecule has 0 atom stereocenters. The van der Waals surface area contributed by atoms with Crippen LogP contribution < -0.4 is 5.32 Å². The molecule has 17 heavy (non-hydrogen) atoms. The minimum atomic E-state index is -0.280. The van der Waals surface area contributed by atoms with Gasteiger partial charge in [0, 0.05) is 18.5 Å². The standard InChI is InChI=1S/C11H13N3O2S/c15-10-8-13-11(16)14(10)6-3-7-17-9-4-1-2-5-12-9/h1-2,4-5H,3,6-8H2,(H,13,16). The van der Waals surface area contributed by atoms with Crippen molar-refractivity contribution >= 4 is 23.7 Å². The van der Waals surface area contributed by atoms with Gasteiger partial charge in [-0.25, -0.2) is 9.78 Å². The van der Waals surface area contributed by atoms with Crippen LogP contribution in [0.2, 0.25) is 0 Å². The molecule has 0 aromatic carbocycles. The molecular formula is C11H13N3O2S. The van der Waals surface area contributed by atoms with E-state index in [1.807, 2.05) is 18.2 Å². The number of aromatic nitrogens is 1. The maximum atomic E-state index is 11.3. The van der Waals surface area contributed by atoms with Gasteiger partial charge in [-0.3, -0.25) is 9.69 Å². The summed E-state index contributed by atoms with van der Waals surface area (Å²) in [6, 6.07) is 5.47. The van der Waals surface area contributed by atoms with Crippen LogP contribution in [0.1, 0.15) is 6.42 Å². The summed E-state index contributed by atoms with van der Waals surface area (Å²) < 4.78 is 0. The van der Waals surface area contributed by atoms with Crippen LogP contribution in [0, 0.1) is 0 Å². The molecule has 1 saturated heterocycles. The second-order valence-corrected chi connectivity index (χ2v) is 4.69. The molecule has 90 valence electrons. The summed E-state index contributed by atoms with van der Waals surface area (Å²) in [4.78, 5) is 27.9. The van der Waals surface area contributed by atoms with Crippen LogP contribution in [0.15, 0.2) is 29.4 Å². The summed E-state index contributed by atoms with van der Waals surface area (Å²) in [6.07, 6.45) is 2.53. The van der Waals surface area contributed by atoms with Crippen molar-refractivity contribution in [3.8, 4) is 0 Å². The lowest BCUT2D eigenvalue weighted by molar-refractivity contribution is -0.124. The molecule has 3 amide bonds. The Kier molecular flexibility index (Phi) is 3.98. The summed E-state index contributed by atoms with van der Waals surface area (Å²) in [6.45, 7) is 0.608. The first-order valence-electron chi connectivity index (χ1n) is 5.39. The van der Waals surface area contributed by atoms with E-state index in [2.05, 4.69) is 10.3 Å². The highest BCUT2D eigenvalue weighted by molar-refractivity contribution is 7.99. The van der Waals surface area contributed by atoms with E-state index in [0.29, 0.717) is 6.54 Å². The number of thioether (sulfide) groups is 1. The van der Waals surface area contributed by atoms with Crippen molar-refractivity contribution in [2.24, 2.45) is 0 Å². The second-order valence-electron chi connectivity index (χ2n) is 3.57. The fourth-order valence-corrected chi connectivity index (χ4v) is 2.31. The van der Waals surface area contributed by atoms with Crippen molar-refractivity contribution in [3.63, 3.8) is 0 Å². The molecule has 1 aromatic rings. The molecule has 0 bridgehead atoms. The minimum absolute atomic E-state index is 0.131. The maximum absolute atomic E-state index is 11.3. The van der Waals surface area contributed by atoms with Crippen LogP contribution in [0.4, 0.5) is 4.79 Å². The third-order valence-electron chi connectivity index (χ3n) is 2.35. The number of pyridine rings is 1. The topological polar surface area (TPSA) is 62.3 Å². The van der Waals surface area contributed by atoms with Gasteiger partial charge in [-0.05, 0) is 18.6 Å². The third kappa shape index (κ3) is 3.20. The van der Waals surface area contributed by atoms with E-state index in [9.17, 15) is 9.59 Å². The first-order valence-corrected chi connectivity index (χ1v) is 6.38. The summed E-state index contributed by atoms with van der Waals surface area (Å²) in [7, 11) is 0. The quantitative estimate of drug-likeness (QED) is 0.484. The largest absolute Gasteiger partial charge is 0.329 e. The van der Waals surface area contributed by atoms with Crippen LogP contribution in [0.5, 0.6) is 0 Å². The van der Waals surface area contributed by atoms with E-state index in [1.54, 1.807) is 18.0 Å². The molecule has 2 heterocycles. The van der Waals surface area contributed by atoms with Gasteiger partial charge in [-0.2, -0.15) is 0 Å². The summed E-state index contributed by atoms with van der Waals surface area (Å²) in [5.74, 6) is 0.700. The third-order valence-corrected chi connectivity index (χ3v) is 3.38. The molecule has 0 unspecified atom stereocenters. The molecule has 0 aliphatic carbocycles. The predicted molar refractivity (Wildman–Crippen MR) is 64.7 cm³/mol. The molecule has 0 saturated carbocycles. The van der Waals surface area contributed by atoms with E-state index in [0.717, 1.165) is 17.2 Å². The van der Waals surface area contributed by atoms with Crippen molar-refractivity contribution in [2.75, 3.05) is 18.8 Å². The zero-order valence-electron chi connectivity index (χ0n) is 9.26. The number of urea groups is 1. The number of nitrogens with zero attached hydrogens (tertiary/aromatic N) is 2. The predicted octanol–water partition coefficient (Wildman–Crippen LogP) is 1.12. The fourth-order valence-electron chi connectivity index (χ4n) is 1.51. The molecule has 0 radical (unpaired) electrons. The Bertz CT molecular complexity index is 394. The zero-order valence-corrected chi connectivity index (χ0v) is 10.1. The molecule has 2 rings (SSSR count). The Hall–Kier alpha value is -1.56. The van der Waals surface area contributed by atoms with Gasteiger partial charge in [0.05, 0.1) is 11.6 Å². The highest BCUT2D eigenvalue weighted by atomic mass is 32.2. The van der Waals surface area contributed by atoms with Gasteiger partial charge in [0.25, 0.3) is 0 Å². The van der Waals surface area contributed by atoms with E-state index in [-0.39, 0.29) is 18.5 Å². The average Bonchev–Trinajstić information content (AvgIpc) is 2.67. The number of imide groups is 1. The van der Waals surface area contributed by atoms with E-state index in [4.69, 9.17) is 0 Å². The van der Waals surface area contributed by atoms with Crippen LogP contribution in [0.25, 0.3) is 0 Å². The molecule has 1 N–H and O–H groups in total. The number of nitrogens with one attached hydrogen (secondary N) is 1. The highest BCUT2D eigenvalue weighted by Gasteiger charge is 2.27. The van der Waals surface area contributed by atoms with Gasteiger partial charge in [-0.1, -0.05) is 6.07 Å². The number of hydrogen-bond donors (Lipinski definition) is 1. The molecular weight excluding hydrogens is 238 g/mol. The normalized spacial score (nSPS) is 15.2. The number of carbonyl (C=O) groups excluding carboxylic acids is 2.